The van der Waals surface area contributed by atoms with Gasteiger partial charge in [0.05, 0.1) is 0 Å². The summed E-state index contributed by atoms with van der Waals surface area (Å²) < 4.78 is 0. The van der Waals surface area contributed by atoms with E-state index in [1.165, 1.54) is 25.8 Å². The summed E-state index contributed by atoms with van der Waals surface area (Å²) in [6.07, 6.45) is 3.86. The number of hydrogen-bond acceptors (Lipinski definition) is 2. The fourth-order valence-corrected chi connectivity index (χ4v) is 1.69. The predicted octanol–water partition coefficient (Wildman–Crippen LogP) is 2.74. The molecule has 1 N–H and O–H groups in total. The van der Waals surface area contributed by atoms with Gasteiger partial charge in [0.25, 0.3) is 0 Å². The van der Waals surface area contributed by atoms with Gasteiger partial charge in [0.15, 0.2) is 0 Å². The van der Waals surface area contributed by atoms with E-state index in [0.717, 1.165) is 5.92 Å². The van der Waals surface area contributed by atoms with Crippen molar-refractivity contribution in [1.82, 2.24) is 10.2 Å². The maximum Gasteiger partial charge on any atom is 0.00533 e. The predicted molar refractivity (Wildman–Crippen MR) is 69.3 cm³/mol. The van der Waals surface area contributed by atoms with Crippen molar-refractivity contribution in [3.8, 4) is 0 Å². The molecule has 0 spiro atoms. The summed E-state index contributed by atoms with van der Waals surface area (Å²) in [7, 11) is 4.27. The van der Waals surface area contributed by atoms with Crippen LogP contribution in [0.15, 0.2) is 0 Å². The maximum absolute atomic E-state index is 3.66. The molecule has 0 aromatic heterocycles. The molecule has 2 nitrogen and oxygen atoms in total. The summed E-state index contributed by atoms with van der Waals surface area (Å²) in [5, 5.41) is 3.66. The second-order valence-electron chi connectivity index (χ2n) is 5.53. The van der Waals surface area contributed by atoms with Gasteiger partial charge in [-0.2, -0.15) is 0 Å². The lowest BCUT2D eigenvalue weighted by Crippen LogP contribution is -2.36. The maximum atomic E-state index is 3.66. The first kappa shape index (κ1) is 14.9. The van der Waals surface area contributed by atoms with Gasteiger partial charge in [0.2, 0.25) is 0 Å². The molecule has 2 atom stereocenters. The largest absolute Gasteiger partial charge is 0.312 e. The van der Waals surface area contributed by atoms with Gasteiger partial charge in [0, 0.05) is 12.1 Å². The third-order valence-corrected chi connectivity index (χ3v) is 2.76. The van der Waals surface area contributed by atoms with Crippen LogP contribution in [0.1, 0.15) is 47.0 Å². The SMILES string of the molecule is CC(C)CCC(C)NC(C)CCN(C)C. The van der Waals surface area contributed by atoms with Crippen LogP contribution >= 0.6 is 0 Å². The molecule has 0 aromatic carbocycles. The third-order valence-electron chi connectivity index (χ3n) is 2.76. The summed E-state index contributed by atoms with van der Waals surface area (Å²) in [6, 6.07) is 1.29. The third kappa shape index (κ3) is 10.2. The number of hydrogen-bond donors (Lipinski definition) is 1. The van der Waals surface area contributed by atoms with Gasteiger partial charge in [0.1, 0.15) is 0 Å². The summed E-state index contributed by atoms with van der Waals surface area (Å²) in [6.45, 7) is 10.3. The fourth-order valence-electron chi connectivity index (χ4n) is 1.69. The van der Waals surface area contributed by atoms with Gasteiger partial charge in [-0.1, -0.05) is 13.8 Å². The number of nitrogens with one attached hydrogen (secondary N) is 1. The lowest BCUT2D eigenvalue weighted by molar-refractivity contribution is 0.342. The van der Waals surface area contributed by atoms with Gasteiger partial charge in [-0.25, -0.2) is 0 Å². The minimum Gasteiger partial charge on any atom is -0.312 e. The normalized spacial score (nSPS) is 16.0. The zero-order valence-corrected chi connectivity index (χ0v) is 11.5. The first-order valence-electron chi connectivity index (χ1n) is 6.32. The Labute approximate surface area is 96.4 Å². The molecular formula is C13H30N2. The monoisotopic (exact) mass is 214 g/mol. The average Bonchev–Trinajstić information content (AvgIpc) is 2.11. The van der Waals surface area contributed by atoms with Crippen LogP contribution in [-0.2, 0) is 0 Å². The van der Waals surface area contributed by atoms with Gasteiger partial charge in [-0.3, -0.25) is 0 Å². The van der Waals surface area contributed by atoms with Crippen molar-refractivity contribution in [2.75, 3.05) is 20.6 Å². The average molecular weight is 214 g/mol. The Morgan fingerprint density at radius 3 is 1.87 bits per heavy atom. The first-order valence-corrected chi connectivity index (χ1v) is 6.32. The van der Waals surface area contributed by atoms with Crippen molar-refractivity contribution >= 4 is 0 Å². The molecule has 0 heterocycles. The molecule has 0 fully saturated rings. The second-order valence-corrected chi connectivity index (χ2v) is 5.53. The van der Waals surface area contributed by atoms with Gasteiger partial charge >= 0.3 is 0 Å². The smallest absolute Gasteiger partial charge is 0.00533 e. The van der Waals surface area contributed by atoms with E-state index in [9.17, 15) is 0 Å². The highest BCUT2D eigenvalue weighted by Gasteiger charge is 2.08. The van der Waals surface area contributed by atoms with Crippen molar-refractivity contribution in [3.63, 3.8) is 0 Å². The molecule has 0 amide bonds. The van der Waals surface area contributed by atoms with E-state index in [1.54, 1.807) is 0 Å². The highest BCUT2D eigenvalue weighted by atomic mass is 15.1. The van der Waals surface area contributed by atoms with Crippen molar-refractivity contribution in [2.24, 2.45) is 5.92 Å². The number of rotatable bonds is 8. The molecule has 0 aromatic rings. The van der Waals surface area contributed by atoms with E-state index >= 15 is 0 Å². The van der Waals surface area contributed by atoms with Crippen LogP contribution in [-0.4, -0.2) is 37.6 Å². The molecule has 92 valence electrons. The fraction of sp³-hybridized carbons (Fsp3) is 1.00. The summed E-state index contributed by atoms with van der Waals surface area (Å²) in [5.74, 6) is 0.825. The Balaban J connectivity index is 3.52. The Bertz CT molecular complexity index is 127. The van der Waals surface area contributed by atoms with E-state index in [2.05, 4.69) is 52.0 Å². The second kappa shape index (κ2) is 8.12. The van der Waals surface area contributed by atoms with E-state index in [4.69, 9.17) is 0 Å². The Morgan fingerprint density at radius 2 is 1.40 bits per heavy atom. The zero-order valence-electron chi connectivity index (χ0n) is 11.5. The van der Waals surface area contributed by atoms with Gasteiger partial charge in [-0.15, -0.1) is 0 Å². The lowest BCUT2D eigenvalue weighted by atomic mass is 10.0. The van der Waals surface area contributed by atoms with E-state index in [-0.39, 0.29) is 0 Å². The molecule has 2 unspecified atom stereocenters. The van der Waals surface area contributed by atoms with Crippen LogP contribution in [0.5, 0.6) is 0 Å². The van der Waals surface area contributed by atoms with Crippen molar-refractivity contribution in [1.29, 1.82) is 0 Å². The molecule has 2 heteroatoms. The van der Waals surface area contributed by atoms with E-state index in [1.807, 2.05) is 0 Å². The van der Waals surface area contributed by atoms with Crippen molar-refractivity contribution in [3.05, 3.63) is 0 Å². The highest BCUT2D eigenvalue weighted by Crippen LogP contribution is 2.07. The standard InChI is InChI=1S/C13H30N2/c1-11(2)7-8-12(3)14-13(4)9-10-15(5)6/h11-14H,7-10H2,1-6H3. The van der Waals surface area contributed by atoms with Crippen molar-refractivity contribution in [2.45, 2.75) is 59.0 Å². The van der Waals surface area contributed by atoms with Crippen LogP contribution in [0.4, 0.5) is 0 Å². The number of nitrogens with zero attached hydrogens (tertiary/aromatic N) is 1. The van der Waals surface area contributed by atoms with Gasteiger partial charge < -0.3 is 10.2 Å². The summed E-state index contributed by atoms with van der Waals surface area (Å²) in [4.78, 5) is 2.25. The molecular weight excluding hydrogens is 184 g/mol. The molecule has 0 aliphatic heterocycles. The molecule has 0 aliphatic rings. The Kier molecular flexibility index (Phi) is 8.07. The van der Waals surface area contributed by atoms with Gasteiger partial charge in [-0.05, 0) is 59.7 Å². The molecule has 0 rings (SSSR count). The molecule has 0 saturated heterocycles. The van der Waals surface area contributed by atoms with Crippen molar-refractivity contribution < 1.29 is 0 Å². The topological polar surface area (TPSA) is 15.3 Å². The summed E-state index contributed by atoms with van der Waals surface area (Å²) in [5.41, 5.74) is 0. The molecule has 0 bridgehead atoms. The van der Waals surface area contributed by atoms with E-state index in [0.29, 0.717) is 12.1 Å². The quantitative estimate of drug-likeness (QED) is 0.668. The summed E-state index contributed by atoms with van der Waals surface area (Å²) >= 11 is 0. The molecule has 0 aliphatic carbocycles. The first-order chi connectivity index (χ1) is 6.91. The molecule has 15 heavy (non-hydrogen) atoms. The van der Waals surface area contributed by atoms with E-state index < -0.39 is 0 Å². The van der Waals surface area contributed by atoms with Crippen LogP contribution in [0.25, 0.3) is 0 Å². The highest BCUT2D eigenvalue weighted by molar-refractivity contribution is 4.69. The lowest BCUT2D eigenvalue weighted by Gasteiger charge is -2.22. The molecule has 0 saturated carbocycles. The van der Waals surface area contributed by atoms with Crippen LogP contribution in [0, 0.1) is 5.92 Å². The van der Waals surface area contributed by atoms with Crippen LogP contribution in [0.3, 0.4) is 0 Å². The van der Waals surface area contributed by atoms with Crippen LogP contribution in [0.2, 0.25) is 0 Å². The minimum atomic E-state index is 0.634. The van der Waals surface area contributed by atoms with Crippen LogP contribution < -0.4 is 5.32 Å². The molecule has 0 radical (unpaired) electrons. The Hall–Kier alpha value is -0.0800. The zero-order chi connectivity index (χ0) is 11.8. The minimum absolute atomic E-state index is 0.634. The Morgan fingerprint density at radius 1 is 0.867 bits per heavy atom.